The van der Waals surface area contributed by atoms with Gasteiger partial charge in [0.25, 0.3) is 0 Å². The number of carbonyl (C=O) groups is 1. The Morgan fingerprint density at radius 1 is 1.50 bits per heavy atom. The number of carbonyl (C=O) groups excluding carboxylic acids is 1. The van der Waals surface area contributed by atoms with E-state index in [1.165, 1.54) is 18.4 Å². The van der Waals surface area contributed by atoms with E-state index in [-0.39, 0.29) is 12.1 Å². The van der Waals surface area contributed by atoms with Gasteiger partial charge in [-0.1, -0.05) is 13.3 Å². The summed E-state index contributed by atoms with van der Waals surface area (Å²) in [5.41, 5.74) is 3.04. The van der Waals surface area contributed by atoms with Gasteiger partial charge in [0.15, 0.2) is 0 Å². The second kappa shape index (κ2) is 5.42. The minimum absolute atomic E-state index is 0.0676. The molecule has 0 bridgehead atoms. The lowest BCUT2D eigenvalue weighted by Gasteiger charge is -2.08. The van der Waals surface area contributed by atoms with E-state index in [9.17, 15) is 4.79 Å². The van der Waals surface area contributed by atoms with Crippen molar-refractivity contribution in [3.05, 3.63) is 29.6 Å². The Labute approximate surface area is 108 Å². The lowest BCUT2D eigenvalue weighted by Crippen LogP contribution is -2.12. The van der Waals surface area contributed by atoms with Crippen molar-refractivity contribution in [3.63, 3.8) is 0 Å². The van der Waals surface area contributed by atoms with E-state index in [4.69, 9.17) is 4.74 Å². The van der Waals surface area contributed by atoms with Gasteiger partial charge in [0.2, 0.25) is 0 Å². The number of nitrogens with zero attached hydrogens (tertiary/aromatic N) is 1. The summed E-state index contributed by atoms with van der Waals surface area (Å²) in [5, 5.41) is 0. The first-order chi connectivity index (χ1) is 8.61. The number of rotatable bonds is 5. The topological polar surface area (TPSA) is 31.2 Å². The molecule has 2 rings (SSSR count). The Hall–Kier alpha value is -1.51. The van der Waals surface area contributed by atoms with Crippen molar-refractivity contribution in [2.24, 2.45) is 0 Å². The van der Waals surface area contributed by atoms with Gasteiger partial charge in [0.05, 0.1) is 17.4 Å². The van der Waals surface area contributed by atoms with E-state index < -0.39 is 0 Å². The highest BCUT2D eigenvalue weighted by atomic mass is 16.5. The van der Waals surface area contributed by atoms with Crippen LogP contribution in [0, 0.1) is 0 Å². The van der Waals surface area contributed by atoms with Gasteiger partial charge in [-0.15, -0.1) is 0 Å². The van der Waals surface area contributed by atoms with Gasteiger partial charge in [-0.05, 0) is 44.4 Å². The lowest BCUT2D eigenvalue weighted by molar-refractivity contribution is -0.140. The third kappa shape index (κ3) is 2.66. The molecule has 18 heavy (non-hydrogen) atoms. The molecule has 0 aliphatic carbocycles. The largest absolute Gasteiger partial charge is 0.459 e. The molecule has 1 aromatic heterocycles. The first-order valence-electron chi connectivity index (χ1n) is 6.72. The van der Waals surface area contributed by atoms with Crippen molar-refractivity contribution in [1.29, 1.82) is 0 Å². The van der Waals surface area contributed by atoms with Crippen molar-refractivity contribution in [2.75, 3.05) is 0 Å². The average Bonchev–Trinajstić information content (AvgIpc) is 2.83. The second-order valence-electron chi connectivity index (χ2n) is 5.06. The van der Waals surface area contributed by atoms with Crippen LogP contribution in [-0.2, 0) is 22.5 Å². The molecular weight excluding hydrogens is 226 g/mol. The van der Waals surface area contributed by atoms with E-state index in [2.05, 4.69) is 23.8 Å². The zero-order valence-electron chi connectivity index (χ0n) is 11.4. The number of unbranched alkanes of at least 4 members (excludes halogenated alkanes) is 1. The zero-order chi connectivity index (χ0) is 13.1. The smallest absolute Gasteiger partial charge is 0.340 e. The summed E-state index contributed by atoms with van der Waals surface area (Å²) < 4.78 is 7.39. The highest BCUT2D eigenvalue weighted by Crippen LogP contribution is 2.26. The van der Waals surface area contributed by atoms with Gasteiger partial charge in [0, 0.05) is 12.7 Å². The monoisotopic (exact) mass is 247 g/mol. The zero-order valence-corrected chi connectivity index (χ0v) is 11.4. The van der Waals surface area contributed by atoms with Crippen LogP contribution in [-0.4, -0.2) is 16.6 Å². The van der Waals surface area contributed by atoms with Crippen LogP contribution in [0.2, 0.25) is 0 Å². The number of hydrogen-bond donors (Lipinski definition) is 0. The number of allylic oxidation sites excluding steroid dienone is 1. The molecular formula is C15H21NO2. The number of aromatic nitrogens is 1. The van der Waals surface area contributed by atoms with Crippen LogP contribution >= 0.6 is 0 Å². The summed E-state index contributed by atoms with van der Waals surface area (Å²) >= 11 is 0. The molecule has 0 N–H and O–H groups in total. The minimum atomic E-state index is -0.205. The van der Waals surface area contributed by atoms with E-state index in [0.29, 0.717) is 5.57 Å². The molecule has 0 saturated carbocycles. The molecule has 3 heteroatoms. The minimum Gasteiger partial charge on any atom is -0.459 e. The summed E-state index contributed by atoms with van der Waals surface area (Å²) in [6.45, 7) is 6.72. The van der Waals surface area contributed by atoms with Crippen molar-refractivity contribution < 1.29 is 9.53 Å². The summed E-state index contributed by atoms with van der Waals surface area (Å²) in [6.07, 6.45) is 7.50. The molecule has 98 valence electrons. The van der Waals surface area contributed by atoms with Crippen molar-refractivity contribution in [3.8, 4) is 0 Å². The molecule has 0 unspecified atom stereocenters. The molecule has 3 nitrogen and oxygen atoms in total. The van der Waals surface area contributed by atoms with Gasteiger partial charge in [-0.3, -0.25) is 0 Å². The van der Waals surface area contributed by atoms with Gasteiger partial charge < -0.3 is 9.30 Å². The van der Waals surface area contributed by atoms with Crippen molar-refractivity contribution in [1.82, 2.24) is 4.57 Å². The number of esters is 1. The van der Waals surface area contributed by atoms with Gasteiger partial charge >= 0.3 is 5.97 Å². The number of hydrogen-bond acceptors (Lipinski definition) is 2. The Kier molecular flexibility index (Phi) is 3.90. The quantitative estimate of drug-likeness (QED) is 0.748. The molecule has 0 spiro atoms. The normalized spacial score (nSPS) is 13.7. The molecule has 1 aromatic rings. The highest BCUT2D eigenvalue weighted by molar-refractivity contribution is 6.16. The van der Waals surface area contributed by atoms with Gasteiger partial charge in [-0.25, -0.2) is 4.79 Å². The van der Waals surface area contributed by atoms with Gasteiger partial charge in [0.1, 0.15) is 0 Å². The fourth-order valence-electron chi connectivity index (χ4n) is 2.23. The molecule has 1 aliphatic rings. The van der Waals surface area contributed by atoms with Crippen LogP contribution in [0.4, 0.5) is 0 Å². The van der Waals surface area contributed by atoms with Crippen molar-refractivity contribution >= 4 is 11.5 Å². The maximum absolute atomic E-state index is 11.9. The van der Waals surface area contributed by atoms with E-state index in [1.807, 2.05) is 19.9 Å². The van der Waals surface area contributed by atoms with Crippen LogP contribution in [0.3, 0.4) is 0 Å². The summed E-state index contributed by atoms with van der Waals surface area (Å²) in [6, 6.07) is 2.12. The Morgan fingerprint density at radius 2 is 2.28 bits per heavy atom. The standard InChI is InChI=1S/C15H21NO2/c1-4-5-6-12-9-14-13(7-8-16(14)10-12)15(17)18-11(2)3/h7,9-11H,4-6,8H2,1-3H3. The second-order valence-corrected chi connectivity index (χ2v) is 5.06. The Balaban J connectivity index is 2.11. The number of aryl methyl sites for hydroxylation is 1. The Bertz CT molecular complexity index is 469. The third-order valence-corrected chi connectivity index (χ3v) is 3.10. The van der Waals surface area contributed by atoms with E-state index in [0.717, 1.165) is 18.7 Å². The maximum Gasteiger partial charge on any atom is 0.340 e. The van der Waals surface area contributed by atoms with Crippen molar-refractivity contribution in [2.45, 2.75) is 52.7 Å². The summed E-state index contributed by atoms with van der Waals surface area (Å²) in [7, 11) is 0. The molecule has 0 saturated heterocycles. The molecule has 0 aromatic carbocycles. The summed E-state index contributed by atoms with van der Waals surface area (Å²) in [4.78, 5) is 11.9. The lowest BCUT2D eigenvalue weighted by atomic mass is 10.1. The SMILES string of the molecule is CCCCc1cc2n(c1)CC=C2C(=O)OC(C)C. The molecule has 0 fully saturated rings. The van der Waals surface area contributed by atoms with Crippen LogP contribution in [0.25, 0.3) is 5.57 Å². The third-order valence-electron chi connectivity index (χ3n) is 3.10. The molecule has 1 aliphatic heterocycles. The van der Waals surface area contributed by atoms with E-state index in [1.54, 1.807) is 0 Å². The van der Waals surface area contributed by atoms with Crippen LogP contribution in [0.5, 0.6) is 0 Å². The fourth-order valence-corrected chi connectivity index (χ4v) is 2.23. The predicted octanol–water partition coefficient (Wildman–Crippen LogP) is 3.18. The van der Waals surface area contributed by atoms with Crippen LogP contribution < -0.4 is 0 Å². The Morgan fingerprint density at radius 3 is 2.94 bits per heavy atom. The molecule has 0 radical (unpaired) electrons. The van der Waals surface area contributed by atoms with Gasteiger partial charge in [-0.2, -0.15) is 0 Å². The maximum atomic E-state index is 11.9. The first-order valence-corrected chi connectivity index (χ1v) is 6.72. The van der Waals surface area contributed by atoms with E-state index >= 15 is 0 Å². The van der Waals surface area contributed by atoms with Crippen LogP contribution in [0.15, 0.2) is 18.3 Å². The molecule has 2 heterocycles. The molecule has 0 amide bonds. The summed E-state index contributed by atoms with van der Waals surface area (Å²) in [5.74, 6) is -0.205. The number of fused-ring (bicyclic) bond motifs is 1. The average molecular weight is 247 g/mol. The molecule has 0 atom stereocenters. The first kappa shape index (κ1) is 12.9. The van der Waals surface area contributed by atoms with Crippen LogP contribution in [0.1, 0.15) is 44.9 Å². The predicted molar refractivity (Wildman–Crippen MR) is 72.2 cm³/mol. The fraction of sp³-hybridized carbons (Fsp3) is 0.533. The number of ether oxygens (including phenoxy) is 1. The highest BCUT2D eigenvalue weighted by Gasteiger charge is 2.23.